The maximum Gasteiger partial charge on any atom is 0.243 e. The highest BCUT2D eigenvalue weighted by Crippen LogP contribution is 2.27. The van der Waals surface area contributed by atoms with Crippen LogP contribution in [0.25, 0.3) is 0 Å². The van der Waals surface area contributed by atoms with E-state index in [1.165, 1.54) is 29.6 Å². The van der Waals surface area contributed by atoms with Crippen LogP contribution in [0.4, 0.5) is 5.69 Å². The van der Waals surface area contributed by atoms with Crippen LogP contribution in [-0.2, 0) is 10.0 Å². The molecule has 0 amide bonds. The summed E-state index contributed by atoms with van der Waals surface area (Å²) in [5, 5.41) is 9.58. The molecule has 1 fully saturated rings. The molecule has 19 heavy (non-hydrogen) atoms. The third kappa shape index (κ3) is 2.83. The molecule has 0 saturated carbocycles. The lowest BCUT2D eigenvalue weighted by Gasteiger charge is -2.29. The lowest BCUT2D eigenvalue weighted by Crippen LogP contribution is -2.42. The van der Waals surface area contributed by atoms with Gasteiger partial charge in [0.05, 0.1) is 23.8 Å². The standard InChI is InChI=1S/C12H18N2O4S/c1-18-12-7-10(4-5-11(12)13)19(16,17)14-6-2-3-9(15)8-14/h4-5,7,9,15H,2-3,6,8,13H2,1H3. The summed E-state index contributed by atoms with van der Waals surface area (Å²) in [7, 11) is -2.17. The van der Waals surface area contributed by atoms with Gasteiger partial charge in [-0.1, -0.05) is 0 Å². The van der Waals surface area contributed by atoms with Crippen LogP contribution in [0.15, 0.2) is 23.1 Å². The van der Waals surface area contributed by atoms with E-state index >= 15 is 0 Å². The van der Waals surface area contributed by atoms with Gasteiger partial charge in [-0.15, -0.1) is 0 Å². The van der Waals surface area contributed by atoms with Gasteiger partial charge >= 0.3 is 0 Å². The Hall–Kier alpha value is -1.31. The number of hydrogen-bond acceptors (Lipinski definition) is 5. The second-order valence-electron chi connectivity index (χ2n) is 4.56. The van der Waals surface area contributed by atoms with Gasteiger partial charge in [0, 0.05) is 19.2 Å². The van der Waals surface area contributed by atoms with E-state index in [1.54, 1.807) is 0 Å². The summed E-state index contributed by atoms with van der Waals surface area (Å²) in [4.78, 5) is 0.132. The first-order valence-electron chi connectivity index (χ1n) is 6.07. The monoisotopic (exact) mass is 286 g/mol. The molecule has 0 aromatic heterocycles. The van der Waals surface area contributed by atoms with Crippen LogP contribution < -0.4 is 10.5 Å². The van der Waals surface area contributed by atoms with E-state index in [2.05, 4.69) is 0 Å². The van der Waals surface area contributed by atoms with Gasteiger partial charge in [-0.05, 0) is 25.0 Å². The number of nitrogens with zero attached hydrogens (tertiary/aromatic N) is 1. The second-order valence-corrected chi connectivity index (χ2v) is 6.50. The summed E-state index contributed by atoms with van der Waals surface area (Å²) >= 11 is 0. The maximum absolute atomic E-state index is 12.4. The first kappa shape index (κ1) is 14.1. The number of β-amino-alcohol motifs (C(OH)–C–C–N with tert-alkyl or cyclic N) is 1. The number of benzene rings is 1. The highest BCUT2D eigenvalue weighted by Gasteiger charge is 2.29. The molecule has 1 saturated heterocycles. The summed E-state index contributed by atoms with van der Waals surface area (Å²) in [5.41, 5.74) is 6.06. The Labute approximate surface area is 112 Å². The molecule has 0 bridgehead atoms. The smallest absolute Gasteiger partial charge is 0.243 e. The zero-order valence-corrected chi connectivity index (χ0v) is 11.6. The summed E-state index contributed by atoms with van der Waals surface area (Å²) in [6, 6.07) is 4.37. The van der Waals surface area contributed by atoms with Crippen molar-refractivity contribution in [1.82, 2.24) is 4.31 Å². The normalized spacial score (nSPS) is 21.3. The topological polar surface area (TPSA) is 92.9 Å². The fraction of sp³-hybridized carbons (Fsp3) is 0.500. The van der Waals surface area contributed by atoms with Crippen molar-refractivity contribution < 1.29 is 18.3 Å². The predicted molar refractivity (Wildman–Crippen MR) is 71.4 cm³/mol. The fourth-order valence-electron chi connectivity index (χ4n) is 2.14. The molecule has 1 atom stereocenters. The van der Waals surface area contributed by atoms with E-state index < -0.39 is 16.1 Å². The van der Waals surface area contributed by atoms with Crippen LogP contribution in [0.1, 0.15) is 12.8 Å². The molecule has 1 aliphatic rings. The number of nitrogen functional groups attached to an aromatic ring is 1. The molecule has 1 unspecified atom stereocenters. The summed E-state index contributed by atoms with van der Waals surface area (Å²) in [6.07, 6.45) is 0.697. The van der Waals surface area contributed by atoms with Crippen LogP contribution in [0.5, 0.6) is 5.75 Å². The van der Waals surface area contributed by atoms with Crippen molar-refractivity contribution in [3.05, 3.63) is 18.2 Å². The molecule has 0 radical (unpaired) electrons. The number of methoxy groups -OCH3 is 1. The van der Waals surface area contributed by atoms with E-state index in [-0.39, 0.29) is 11.4 Å². The number of anilines is 1. The summed E-state index contributed by atoms with van der Waals surface area (Å²) < 4.78 is 31.2. The molecule has 6 nitrogen and oxygen atoms in total. The molecule has 1 heterocycles. The Kier molecular flexibility index (Phi) is 3.98. The quantitative estimate of drug-likeness (QED) is 0.786. The van der Waals surface area contributed by atoms with Crippen molar-refractivity contribution in [1.29, 1.82) is 0 Å². The largest absolute Gasteiger partial charge is 0.495 e. The van der Waals surface area contributed by atoms with E-state index in [9.17, 15) is 13.5 Å². The first-order chi connectivity index (χ1) is 8.95. The Morgan fingerprint density at radius 2 is 2.21 bits per heavy atom. The van der Waals surface area contributed by atoms with Gasteiger partial charge in [-0.3, -0.25) is 0 Å². The molecule has 1 aromatic carbocycles. The van der Waals surface area contributed by atoms with E-state index in [0.29, 0.717) is 30.8 Å². The van der Waals surface area contributed by atoms with Gasteiger partial charge in [0.25, 0.3) is 0 Å². The van der Waals surface area contributed by atoms with E-state index in [0.717, 1.165) is 0 Å². The second kappa shape index (κ2) is 5.36. The van der Waals surface area contributed by atoms with Crippen LogP contribution in [0.3, 0.4) is 0 Å². The lowest BCUT2D eigenvalue weighted by atomic mass is 10.1. The third-order valence-electron chi connectivity index (χ3n) is 3.20. The van der Waals surface area contributed by atoms with Gasteiger partial charge < -0.3 is 15.6 Å². The number of nitrogens with two attached hydrogens (primary N) is 1. The summed E-state index contributed by atoms with van der Waals surface area (Å²) in [5.74, 6) is 0.332. The number of ether oxygens (including phenoxy) is 1. The predicted octanol–water partition coefficient (Wildman–Crippen LogP) is 0.423. The molecule has 106 valence electrons. The van der Waals surface area contributed by atoms with Crippen molar-refractivity contribution >= 4 is 15.7 Å². The molecular formula is C12H18N2O4S. The van der Waals surface area contributed by atoms with Crippen molar-refractivity contribution in [3.8, 4) is 5.75 Å². The number of aliphatic hydroxyl groups excluding tert-OH is 1. The Bertz CT molecular complexity index is 559. The van der Waals surface area contributed by atoms with Crippen LogP contribution in [0.2, 0.25) is 0 Å². The number of aliphatic hydroxyl groups is 1. The van der Waals surface area contributed by atoms with Gasteiger partial charge in [0.15, 0.2) is 0 Å². The Balaban J connectivity index is 2.33. The summed E-state index contributed by atoms with van der Waals surface area (Å²) in [6.45, 7) is 0.557. The minimum Gasteiger partial charge on any atom is -0.495 e. The molecule has 2 rings (SSSR count). The van der Waals surface area contributed by atoms with Gasteiger partial charge in [-0.25, -0.2) is 8.42 Å². The highest BCUT2D eigenvalue weighted by molar-refractivity contribution is 7.89. The molecule has 7 heteroatoms. The molecule has 3 N–H and O–H groups in total. The first-order valence-corrected chi connectivity index (χ1v) is 7.51. The number of hydrogen-bond donors (Lipinski definition) is 2. The van der Waals surface area contributed by atoms with E-state index in [1.807, 2.05) is 0 Å². The highest BCUT2D eigenvalue weighted by atomic mass is 32.2. The van der Waals surface area contributed by atoms with Gasteiger partial charge in [-0.2, -0.15) is 4.31 Å². The van der Waals surface area contributed by atoms with Gasteiger partial charge in [0.2, 0.25) is 10.0 Å². The Morgan fingerprint density at radius 3 is 2.84 bits per heavy atom. The average Bonchev–Trinajstić information content (AvgIpc) is 2.39. The van der Waals surface area contributed by atoms with Crippen molar-refractivity contribution in [3.63, 3.8) is 0 Å². The number of sulfonamides is 1. The van der Waals surface area contributed by atoms with Crippen LogP contribution in [0, 0.1) is 0 Å². The number of rotatable bonds is 3. The minimum absolute atomic E-state index is 0.132. The average molecular weight is 286 g/mol. The molecular weight excluding hydrogens is 268 g/mol. The minimum atomic E-state index is -3.61. The van der Waals surface area contributed by atoms with Crippen LogP contribution >= 0.6 is 0 Å². The SMILES string of the molecule is COc1cc(S(=O)(=O)N2CCCC(O)C2)ccc1N. The number of piperidine rings is 1. The Morgan fingerprint density at radius 1 is 1.47 bits per heavy atom. The van der Waals surface area contributed by atoms with E-state index in [4.69, 9.17) is 10.5 Å². The lowest BCUT2D eigenvalue weighted by molar-refractivity contribution is 0.108. The third-order valence-corrected chi connectivity index (χ3v) is 5.06. The zero-order chi connectivity index (χ0) is 14.0. The molecule has 1 aromatic rings. The molecule has 0 spiro atoms. The fourth-order valence-corrected chi connectivity index (χ4v) is 3.67. The van der Waals surface area contributed by atoms with Crippen molar-refractivity contribution in [2.75, 3.05) is 25.9 Å². The van der Waals surface area contributed by atoms with Crippen molar-refractivity contribution in [2.45, 2.75) is 23.8 Å². The zero-order valence-electron chi connectivity index (χ0n) is 10.7. The van der Waals surface area contributed by atoms with Crippen LogP contribution in [-0.4, -0.2) is 44.1 Å². The molecule has 1 aliphatic heterocycles. The van der Waals surface area contributed by atoms with Crippen molar-refractivity contribution in [2.24, 2.45) is 0 Å². The molecule has 0 aliphatic carbocycles. The van der Waals surface area contributed by atoms with Gasteiger partial charge in [0.1, 0.15) is 5.75 Å². The maximum atomic E-state index is 12.4.